The number of alkyl halides is 1. The molecule has 3 amide bonds. The van der Waals surface area contributed by atoms with Gasteiger partial charge in [0, 0.05) is 29.5 Å². The van der Waals surface area contributed by atoms with Gasteiger partial charge in [-0.15, -0.1) is 0 Å². The third-order valence-electron chi connectivity index (χ3n) is 7.12. The first kappa shape index (κ1) is 29.1. The van der Waals surface area contributed by atoms with Crippen LogP contribution < -0.4 is 16.0 Å². The van der Waals surface area contributed by atoms with Crippen molar-refractivity contribution < 1.29 is 18.8 Å². The fourth-order valence-corrected chi connectivity index (χ4v) is 4.75. The summed E-state index contributed by atoms with van der Waals surface area (Å²) in [7, 11) is 0. The van der Waals surface area contributed by atoms with Crippen LogP contribution in [0.3, 0.4) is 0 Å². The average Bonchev–Trinajstić information content (AvgIpc) is 3.06. The second-order valence-corrected chi connectivity index (χ2v) is 10.0. The van der Waals surface area contributed by atoms with Crippen LogP contribution in [0.15, 0.2) is 109 Å². The molecule has 5 rings (SSSR count). The lowest BCUT2D eigenvalue weighted by Crippen LogP contribution is -2.37. The molecule has 0 bridgehead atoms. The molecule has 7 nitrogen and oxygen atoms in total. The number of halogens is 1. The minimum Gasteiger partial charge on any atom is -0.354 e. The maximum Gasteiger partial charge on any atom is 0.257 e. The largest absolute Gasteiger partial charge is 0.354 e. The standard InChI is InChI=1S/C35H31FN4O3/c1-2-33(41)37-22-31(25-8-4-3-5-9-25)39-34(42)27-16-18-30-26(20-27)17-19-32(38-30)40-35(43)29-11-7-6-10-28(29)24-14-12-23(21-36)13-15-24/h3-20,31H,2,21-22H2,1H3,(H,37,41)(H,39,42)(H,38,40,43)/t31-/m1/s1. The average molecular weight is 575 g/mol. The second-order valence-electron chi connectivity index (χ2n) is 10.0. The summed E-state index contributed by atoms with van der Waals surface area (Å²) in [5.41, 5.74) is 4.51. The van der Waals surface area contributed by atoms with E-state index in [9.17, 15) is 18.8 Å². The van der Waals surface area contributed by atoms with Gasteiger partial charge >= 0.3 is 0 Å². The first-order valence-electron chi connectivity index (χ1n) is 14.0. The molecule has 1 aromatic heterocycles. The predicted molar refractivity (Wildman–Crippen MR) is 166 cm³/mol. The predicted octanol–water partition coefficient (Wildman–Crippen LogP) is 6.62. The monoisotopic (exact) mass is 574 g/mol. The molecule has 4 aromatic carbocycles. The maximum atomic E-state index is 13.3. The number of pyridine rings is 1. The fraction of sp³-hybridized carbons (Fsp3) is 0.143. The number of amides is 3. The number of carbonyl (C=O) groups is 3. The molecule has 0 fully saturated rings. The Kier molecular flexibility index (Phi) is 9.17. The van der Waals surface area contributed by atoms with Crippen LogP contribution in [-0.2, 0) is 11.5 Å². The smallest absolute Gasteiger partial charge is 0.257 e. The molecule has 0 saturated heterocycles. The van der Waals surface area contributed by atoms with Crippen molar-refractivity contribution in [1.29, 1.82) is 0 Å². The van der Waals surface area contributed by atoms with Gasteiger partial charge in [0.05, 0.1) is 11.6 Å². The molecule has 3 N–H and O–H groups in total. The van der Waals surface area contributed by atoms with E-state index in [-0.39, 0.29) is 24.3 Å². The Labute approximate surface area is 249 Å². The summed E-state index contributed by atoms with van der Waals surface area (Å²) >= 11 is 0. The summed E-state index contributed by atoms with van der Waals surface area (Å²) < 4.78 is 13.0. The van der Waals surface area contributed by atoms with Crippen LogP contribution in [0.25, 0.3) is 22.0 Å². The van der Waals surface area contributed by atoms with Crippen LogP contribution >= 0.6 is 0 Å². The van der Waals surface area contributed by atoms with Crippen molar-refractivity contribution >= 4 is 34.4 Å². The Morgan fingerprint density at radius 1 is 0.814 bits per heavy atom. The number of benzene rings is 4. The second kappa shape index (κ2) is 13.5. The number of fused-ring (bicyclic) bond motifs is 1. The van der Waals surface area contributed by atoms with E-state index in [1.807, 2.05) is 42.5 Å². The van der Waals surface area contributed by atoms with Gasteiger partial charge in [0.25, 0.3) is 11.8 Å². The van der Waals surface area contributed by atoms with Gasteiger partial charge in [0.15, 0.2) is 0 Å². The molecule has 216 valence electrons. The number of anilines is 1. The van der Waals surface area contributed by atoms with Crippen molar-refractivity contribution in [3.63, 3.8) is 0 Å². The SMILES string of the molecule is CCC(=O)NC[C@@H](NC(=O)c1ccc2nc(NC(=O)c3ccccc3-c3ccc(CF)cc3)ccc2c1)c1ccccc1. The molecule has 5 aromatic rings. The molecular weight excluding hydrogens is 543 g/mol. The first-order chi connectivity index (χ1) is 20.9. The zero-order valence-electron chi connectivity index (χ0n) is 23.6. The molecule has 0 unspecified atom stereocenters. The van der Waals surface area contributed by atoms with Gasteiger partial charge in [0.1, 0.15) is 12.5 Å². The lowest BCUT2D eigenvalue weighted by atomic mass is 9.98. The van der Waals surface area contributed by atoms with Crippen molar-refractivity contribution in [2.24, 2.45) is 0 Å². The van der Waals surface area contributed by atoms with E-state index in [1.165, 1.54) is 0 Å². The molecule has 0 aliphatic rings. The molecule has 0 spiro atoms. The highest BCUT2D eigenvalue weighted by molar-refractivity contribution is 6.08. The van der Waals surface area contributed by atoms with E-state index in [4.69, 9.17) is 0 Å². The van der Waals surface area contributed by atoms with E-state index in [1.54, 1.807) is 73.7 Å². The third kappa shape index (κ3) is 7.11. The minimum atomic E-state index is -0.547. The Hall–Kier alpha value is -5.37. The number of hydrogen-bond donors (Lipinski definition) is 3. The van der Waals surface area contributed by atoms with Crippen molar-refractivity contribution in [1.82, 2.24) is 15.6 Å². The van der Waals surface area contributed by atoms with Crippen LogP contribution in [0.1, 0.15) is 51.2 Å². The summed E-state index contributed by atoms with van der Waals surface area (Å²) in [5.74, 6) is -0.330. The Balaban J connectivity index is 1.31. The quantitative estimate of drug-likeness (QED) is 0.175. The van der Waals surface area contributed by atoms with Crippen LogP contribution in [0.2, 0.25) is 0 Å². The summed E-state index contributed by atoms with van der Waals surface area (Å²) in [6.07, 6.45) is 0.359. The van der Waals surface area contributed by atoms with Crippen LogP contribution in [0.5, 0.6) is 0 Å². The van der Waals surface area contributed by atoms with Crippen molar-refractivity contribution in [2.75, 3.05) is 11.9 Å². The van der Waals surface area contributed by atoms with Crippen molar-refractivity contribution in [3.05, 3.63) is 131 Å². The van der Waals surface area contributed by atoms with Gasteiger partial charge in [0.2, 0.25) is 5.91 Å². The van der Waals surface area contributed by atoms with Crippen LogP contribution in [-0.4, -0.2) is 29.3 Å². The number of nitrogens with zero attached hydrogens (tertiary/aromatic N) is 1. The highest BCUT2D eigenvalue weighted by atomic mass is 19.1. The molecule has 1 heterocycles. The first-order valence-corrected chi connectivity index (χ1v) is 14.0. The third-order valence-corrected chi connectivity index (χ3v) is 7.12. The summed E-state index contributed by atoms with van der Waals surface area (Å²) in [6, 6.07) is 31.9. The van der Waals surface area contributed by atoms with Gasteiger partial charge in [-0.3, -0.25) is 14.4 Å². The zero-order chi connectivity index (χ0) is 30.2. The maximum absolute atomic E-state index is 13.3. The summed E-state index contributed by atoms with van der Waals surface area (Å²) in [5, 5.41) is 9.48. The van der Waals surface area contributed by atoms with E-state index in [0.29, 0.717) is 34.4 Å². The lowest BCUT2D eigenvalue weighted by Gasteiger charge is -2.20. The van der Waals surface area contributed by atoms with Crippen LogP contribution in [0, 0.1) is 0 Å². The van der Waals surface area contributed by atoms with E-state index < -0.39 is 12.7 Å². The minimum absolute atomic E-state index is 0.0921. The van der Waals surface area contributed by atoms with Gasteiger partial charge in [-0.1, -0.05) is 79.7 Å². The zero-order valence-corrected chi connectivity index (χ0v) is 23.6. The van der Waals surface area contributed by atoms with Crippen molar-refractivity contribution in [3.8, 4) is 11.1 Å². The lowest BCUT2D eigenvalue weighted by molar-refractivity contribution is -0.120. The van der Waals surface area contributed by atoms with Gasteiger partial charge < -0.3 is 16.0 Å². The van der Waals surface area contributed by atoms with Gasteiger partial charge in [-0.05, 0) is 58.7 Å². The summed E-state index contributed by atoms with van der Waals surface area (Å²) in [4.78, 5) is 42.9. The van der Waals surface area contributed by atoms with E-state index in [2.05, 4.69) is 20.9 Å². The number of aromatic nitrogens is 1. The molecular formula is C35H31FN4O3. The highest BCUT2D eigenvalue weighted by Gasteiger charge is 2.18. The molecule has 0 radical (unpaired) electrons. The summed E-state index contributed by atoms with van der Waals surface area (Å²) in [6.45, 7) is 1.50. The van der Waals surface area contributed by atoms with Gasteiger partial charge in [-0.25, -0.2) is 9.37 Å². The van der Waals surface area contributed by atoms with Gasteiger partial charge in [-0.2, -0.15) is 0 Å². The molecule has 0 aliphatic heterocycles. The Morgan fingerprint density at radius 3 is 2.30 bits per heavy atom. The van der Waals surface area contributed by atoms with E-state index in [0.717, 1.165) is 22.1 Å². The highest BCUT2D eigenvalue weighted by Crippen LogP contribution is 2.26. The molecule has 8 heteroatoms. The van der Waals surface area contributed by atoms with E-state index >= 15 is 0 Å². The molecule has 0 aliphatic carbocycles. The molecule has 0 saturated carbocycles. The van der Waals surface area contributed by atoms with Crippen LogP contribution in [0.4, 0.5) is 10.2 Å². The Morgan fingerprint density at radius 2 is 1.56 bits per heavy atom. The number of rotatable bonds is 10. The normalized spacial score (nSPS) is 11.5. The molecule has 1 atom stereocenters. The number of hydrogen-bond acceptors (Lipinski definition) is 4. The number of carbonyl (C=O) groups excluding carboxylic acids is 3. The Bertz CT molecular complexity index is 1760. The molecule has 43 heavy (non-hydrogen) atoms. The topological polar surface area (TPSA) is 100 Å². The number of nitrogens with one attached hydrogen (secondary N) is 3. The van der Waals surface area contributed by atoms with Crippen molar-refractivity contribution in [2.45, 2.75) is 26.1 Å². The fourth-order valence-electron chi connectivity index (χ4n) is 4.75.